The van der Waals surface area contributed by atoms with Gasteiger partial charge in [-0.1, -0.05) is 18.2 Å². The molecule has 4 heterocycles. The van der Waals surface area contributed by atoms with Crippen LogP contribution in [0.15, 0.2) is 41.8 Å². The third-order valence-corrected chi connectivity index (χ3v) is 7.54. The quantitative estimate of drug-likeness (QED) is 0.819. The van der Waals surface area contributed by atoms with E-state index in [4.69, 9.17) is 4.74 Å². The third kappa shape index (κ3) is 3.26. The van der Waals surface area contributed by atoms with Crippen molar-refractivity contribution in [2.75, 3.05) is 19.6 Å². The molecule has 0 saturated carbocycles. The average Bonchev–Trinajstić information content (AvgIpc) is 3.47. The lowest BCUT2D eigenvalue weighted by Gasteiger charge is -2.29. The maximum Gasteiger partial charge on any atom is 0.254 e. The van der Waals surface area contributed by atoms with Gasteiger partial charge in [-0.3, -0.25) is 9.59 Å². The van der Waals surface area contributed by atoms with E-state index in [1.165, 1.54) is 12.1 Å². The van der Waals surface area contributed by atoms with Gasteiger partial charge in [0.25, 0.3) is 5.91 Å². The molecule has 2 aromatic rings. The molecule has 0 radical (unpaired) electrons. The molecule has 1 aromatic carbocycles. The van der Waals surface area contributed by atoms with E-state index in [9.17, 15) is 14.0 Å². The zero-order valence-electron chi connectivity index (χ0n) is 16.0. The number of halogens is 1. The fourth-order valence-corrected chi connectivity index (χ4v) is 5.97. The number of amides is 2. The summed E-state index contributed by atoms with van der Waals surface area (Å²) >= 11 is 1.60. The molecule has 5 rings (SSSR count). The third-order valence-electron chi connectivity index (χ3n) is 6.66. The van der Waals surface area contributed by atoms with Gasteiger partial charge in [-0.25, -0.2) is 4.39 Å². The van der Waals surface area contributed by atoms with Gasteiger partial charge in [-0.05, 0) is 36.4 Å². The van der Waals surface area contributed by atoms with Crippen molar-refractivity contribution in [3.05, 3.63) is 58.0 Å². The van der Waals surface area contributed by atoms with Gasteiger partial charge in [0, 0.05) is 29.8 Å². The fourth-order valence-electron chi connectivity index (χ4n) is 5.28. The van der Waals surface area contributed by atoms with Crippen molar-refractivity contribution in [1.82, 2.24) is 10.2 Å². The largest absolute Gasteiger partial charge is 0.369 e. The van der Waals surface area contributed by atoms with Crippen LogP contribution in [0.5, 0.6) is 0 Å². The highest BCUT2D eigenvalue weighted by Crippen LogP contribution is 2.54. The number of carbonyl (C=O) groups excluding carboxylic acids is 2. The fraction of sp³-hybridized carbons (Fsp3) is 0.455. The normalized spacial score (nSPS) is 29.8. The Morgan fingerprint density at radius 1 is 1.28 bits per heavy atom. The summed E-state index contributed by atoms with van der Waals surface area (Å²) in [5.41, 5.74) is -0.214. The Bertz CT molecular complexity index is 934. The summed E-state index contributed by atoms with van der Waals surface area (Å²) in [5, 5.41) is 4.88. The summed E-state index contributed by atoms with van der Waals surface area (Å²) in [6.07, 6.45) is 2.45. The molecule has 0 unspecified atom stereocenters. The number of likely N-dealkylation sites (tertiary alicyclic amines) is 1. The smallest absolute Gasteiger partial charge is 0.254 e. The molecule has 152 valence electrons. The molecule has 2 bridgehead atoms. The lowest BCUT2D eigenvalue weighted by molar-refractivity contribution is -0.131. The molecule has 4 atom stereocenters. The number of fused-ring (bicyclic) bond motifs is 1. The number of ether oxygens (including phenoxy) is 1. The molecule has 3 fully saturated rings. The van der Waals surface area contributed by atoms with Crippen molar-refractivity contribution in [1.29, 1.82) is 0 Å². The minimum Gasteiger partial charge on any atom is -0.369 e. The Balaban J connectivity index is 1.25. The maximum atomic E-state index is 13.9. The standard InChI is InChI=1S/C22H23FN2O3S/c23-18-6-2-1-5-15(18)21(27)24-11-16-17-12-25(13-22(17)8-7-19(16)28-22)20(26)10-14-4-3-9-29-14/h1-6,9,16-17,19H,7-8,10-13H2,(H,24,27)/t16-,17+,19+,22+/m0/s1. The van der Waals surface area contributed by atoms with E-state index >= 15 is 0 Å². The number of nitrogens with zero attached hydrogens (tertiary/aromatic N) is 1. The van der Waals surface area contributed by atoms with Gasteiger partial charge in [-0.15, -0.1) is 11.3 Å². The van der Waals surface area contributed by atoms with E-state index in [1.54, 1.807) is 23.5 Å². The molecule has 1 N–H and O–H groups in total. The van der Waals surface area contributed by atoms with Crippen LogP contribution in [0.25, 0.3) is 0 Å². The molecular formula is C22H23FN2O3S. The van der Waals surface area contributed by atoms with E-state index in [0.29, 0.717) is 26.1 Å². The predicted molar refractivity (Wildman–Crippen MR) is 107 cm³/mol. The van der Waals surface area contributed by atoms with Gasteiger partial charge in [0.15, 0.2) is 0 Å². The molecule has 2 amide bonds. The topological polar surface area (TPSA) is 58.6 Å². The van der Waals surface area contributed by atoms with Crippen molar-refractivity contribution in [3.63, 3.8) is 0 Å². The zero-order chi connectivity index (χ0) is 20.0. The first-order valence-corrected chi connectivity index (χ1v) is 10.9. The number of nitrogens with one attached hydrogen (secondary N) is 1. The number of benzene rings is 1. The second-order valence-corrected chi connectivity index (χ2v) is 9.28. The van der Waals surface area contributed by atoms with Crippen LogP contribution in [0.1, 0.15) is 28.1 Å². The van der Waals surface area contributed by atoms with Gasteiger partial charge < -0.3 is 15.0 Å². The molecule has 1 spiro atoms. The van der Waals surface area contributed by atoms with E-state index in [2.05, 4.69) is 5.32 Å². The van der Waals surface area contributed by atoms with Gasteiger partial charge in [0.2, 0.25) is 5.91 Å². The summed E-state index contributed by atoms with van der Waals surface area (Å²) in [4.78, 5) is 28.2. The van der Waals surface area contributed by atoms with Crippen molar-refractivity contribution in [2.24, 2.45) is 11.8 Å². The van der Waals surface area contributed by atoms with Crippen LogP contribution in [-0.4, -0.2) is 48.1 Å². The highest BCUT2D eigenvalue weighted by Gasteiger charge is 2.63. The monoisotopic (exact) mass is 414 g/mol. The zero-order valence-corrected chi connectivity index (χ0v) is 16.8. The van der Waals surface area contributed by atoms with Crippen molar-refractivity contribution < 1.29 is 18.7 Å². The molecule has 7 heteroatoms. The average molecular weight is 415 g/mol. The lowest BCUT2D eigenvalue weighted by Crippen LogP contribution is -2.42. The maximum absolute atomic E-state index is 13.9. The Kier molecular flexibility index (Phi) is 4.67. The van der Waals surface area contributed by atoms with Gasteiger partial charge in [0.1, 0.15) is 5.82 Å². The summed E-state index contributed by atoms with van der Waals surface area (Å²) < 4.78 is 20.2. The highest BCUT2D eigenvalue weighted by molar-refractivity contribution is 7.10. The second kappa shape index (κ2) is 7.22. The predicted octanol–water partition coefficient (Wildman–Crippen LogP) is 2.87. The number of hydrogen-bond donors (Lipinski definition) is 1. The number of carbonyl (C=O) groups is 2. The van der Waals surface area contributed by atoms with Crippen LogP contribution in [0.3, 0.4) is 0 Å². The SMILES string of the molecule is O=C(NC[C@H]1[C@H]2CN(C(=O)Cc3cccs3)C[C@]23CC[C@H]1O3)c1ccccc1F. The Hall–Kier alpha value is -2.25. The molecule has 5 nitrogen and oxygen atoms in total. The van der Waals surface area contributed by atoms with Crippen molar-refractivity contribution in [2.45, 2.75) is 31.0 Å². The van der Waals surface area contributed by atoms with Gasteiger partial charge in [0.05, 0.1) is 30.2 Å². The Labute approximate surface area is 172 Å². The van der Waals surface area contributed by atoms with Gasteiger partial charge >= 0.3 is 0 Å². The Morgan fingerprint density at radius 2 is 2.14 bits per heavy atom. The first kappa shape index (κ1) is 18.8. The second-order valence-electron chi connectivity index (χ2n) is 8.25. The van der Waals surface area contributed by atoms with Crippen LogP contribution in [0.4, 0.5) is 4.39 Å². The van der Waals surface area contributed by atoms with Crippen LogP contribution in [0, 0.1) is 17.7 Å². The first-order valence-electron chi connectivity index (χ1n) is 10.1. The van der Waals surface area contributed by atoms with Crippen LogP contribution in [0.2, 0.25) is 0 Å². The van der Waals surface area contributed by atoms with E-state index in [1.807, 2.05) is 22.4 Å². The molecule has 0 aliphatic carbocycles. The number of rotatable bonds is 5. The molecule has 1 aromatic heterocycles. The first-order chi connectivity index (χ1) is 14.1. The van der Waals surface area contributed by atoms with Crippen LogP contribution >= 0.6 is 11.3 Å². The van der Waals surface area contributed by atoms with Crippen molar-refractivity contribution in [3.8, 4) is 0 Å². The van der Waals surface area contributed by atoms with Gasteiger partial charge in [-0.2, -0.15) is 0 Å². The summed E-state index contributed by atoms with van der Waals surface area (Å²) in [6, 6.07) is 9.95. The summed E-state index contributed by atoms with van der Waals surface area (Å²) in [5.74, 6) is -0.411. The van der Waals surface area contributed by atoms with Crippen LogP contribution < -0.4 is 5.32 Å². The molecular weight excluding hydrogens is 391 g/mol. The summed E-state index contributed by atoms with van der Waals surface area (Å²) in [7, 11) is 0. The van der Waals surface area contributed by atoms with E-state index in [-0.39, 0.29) is 35.0 Å². The molecule has 3 aliphatic rings. The molecule has 3 saturated heterocycles. The number of hydrogen-bond acceptors (Lipinski definition) is 4. The molecule has 29 heavy (non-hydrogen) atoms. The van der Waals surface area contributed by atoms with Crippen molar-refractivity contribution >= 4 is 23.2 Å². The molecule has 3 aliphatic heterocycles. The Morgan fingerprint density at radius 3 is 2.93 bits per heavy atom. The lowest BCUT2D eigenvalue weighted by atomic mass is 9.73. The van der Waals surface area contributed by atoms with E-state index < -0.39 is 11.7 Å². The highest BCUT2D eigenvalue weighted by atomic mass is 32.1. The number of thiophene rings is 1. The van der Waals surface area contributed by atoms with E-state index in [0.717, 1.165) is 17.7 Å². The van der Waals surface area contributed by atoms with Crippen LogP contribution in [-0.2, 0) is 16.0 Å². The minimum absolute atomic E-state index is 0.0606. The summed E-state index contributed by atoms with van der Waals surface area (Å²) in [6.45, 7) is 1.74. The minimum atomic E-state index is -0.517.